The van der Waals surface area contributed by atoms with E-state index in [1.54, 1.807) is 24.3 Å². The number of azo groups is 1. The summed E-state index contributed by atoms with van der Waals surface area (Å²) in [6, 6.07) is 6.44. The number of fused-ring (bicyclic) bond motifs is 1. The molecule has 1 heterocycles. The van der Waals surface area contributed by atoms with Gasteiger partial charge in [0.25, 0.3) is 5.91 Å². The number of aliphatic carboxylic acids is 1. The molecule has 0 spiro atoms. The number of rotatable bonds is 1. The van der Waals surface area contributed by atoms with Crippen molar-refractivity contribution in [3.05, 3.63) is 40.4 Å². The van der Waals surface area contributed by atoms with Crippen LogP contribution in [0.25, 0.3) is 5.70 Å². The standard InChI is InChI=1S/C10H5ClN2O3/c11-7(10(15)16)8-5-3-1-2-4-6(5)9(14)13-12-8/h1-4H,(H,15,16)/b8-7-. The van der Waals surface area contributed by atoms with E-state index in [2.05, 4.69) is 10.2 Å². The van der Waals surface area contributed by atoms with Crippen molar-refractivity contribution in [1.82, 2.24) is 0 Å². The van der Waals surface area contributed by atoms with Gasteiger partial charge in [0.2, 0.25) is 0 Å². The van der Waals surface area contributed by atoms with E-state index < -0.39 is 16.9 Å². The van der Waals surface area contributed by atoms with Crippen LogP contribution in [0.4, 0.5) is 0 Å². The van der Waals surface area contributed by atoms with E-state index in [0.717, 1.165) is 0 Å². The molecule has 0 saturated heterocycles. The molecule has 16 heavy (non-hydrogen) atoms. The Balaban J connectivity index is 2.69. The first kappa shape index (κ1) is 10.5. The molecule has 0 aliphatic carbocycles. The van der Waals surface area contributed by atoms with Crippen molar-refractivity contribution in [2.75, 3.05) is 0 Å². The maximum Gasteiger partial charge on any atom is 0.349 e. The Morgan fingerprint density at radius 3 is 2.44 bits per heavy atom. The largest absolute Gasteiger partial charge is 0.477 e. The summed E-state index contributed by atoms with van der Waals surface area (Å²) in [4.78, 5) is 22.1. The van der Waals surface area contributed by atoms with Crippen LogP contribution in [0.15, 0.2) is 39.5 Å². The van der Waals surface area contributed by atoms with Gasteiger partial charge in [-0.2, -0.15) is 0 Å². The molecule has 0 unspecified atom stereocenters. The minimum atomic E-state index is -1.31. The van der Waals surface area contributed by atoms with E-state index in [-0.39, 0.29) is 5.70 Å². The van der Waals surface area contributed by atoms with Gasteiger partial charge in [0.15, 0.2) is 5.03 Å². The van der Waals surface area contributed by atoms with Gasteiger partial charge in [-0.05, 0) is 6.07 Å². The Morgan fingerprint density at radius 1 is 1.19 bits per heavy atom. The molecule has 2 rings (SSSR count). The molecule has 0 aromatic heterocycles. The highest BCUT2D eigenvalue weighted by atomic mass is 35.5. The normalized spacial score (nSPS) is 16.9. The van der Waals surface area contributed by atoms with Crippen LogP contribution in [0.2, 0.25) is 0 Å². The average Bonchev–Trinajstić information content (AvgIpc) is 2.29. The van der Waals surface area contributed by atoms with Gasteiger partial charge in [-0.25, -0.2) is 4.79 Å². The first-order valence-electron chi connectivity index (χ1n) is 4.30. The molecule has 0 saturated carbocycles. The van der Waals surface area contributed by atoms with E-state index in [9.17, 15) is 9.59 Å². The predicted octanol–water partition coefficient (Wildman–Crippen LogP) is 2.28. The van der Waals surface area contributed by atoms with Crippen LogP contribution in [0.3, 0.4) is 0 Å². The van der Waals surface area contributed by atoms with Crippen LogP contribution in [-0.4, -0.2) is 17.0 Å². The predicted molar refractivity (Wildman–Crippen MR) is 56.0 cm³/mol. The van der Waals surface area contributed by atoms with Gasteiger partial charge in [0, 0.05) is 5.56 Å². The zero-order valence-electron chi connectivity index (χ0n) is 7.85. The van der Waals surface area contributed by atoms with Crippen molar-refractivity contribution >= 4 is 29.2 Å². The second-order valence-corrected chi connectivity index (χ2v) is 3.40. The Hall–Kier alpha value is -2.01. The minimum absolute atomic E-state index is 0.00404. The molecule has 1 aromatic carbocycles. The van der Waals surface area contributed by atoms with Crippen LogP contribution >= 0.6 is 11.6 Å². The third-order valence-corrected chi connectivity index (χ3v) is 2.39. The van der Waals surface area contributed by atoms with Crippen molar-refractivity contribution in [1.29, 1.82) is 0 Å². The molecule has 80 valence electrons. The van der Waals surface area contributed by atoms with Gasteiger partial charge >= 0.3 is 5.97 Å². The lowest BCUT2D eigenvalue weighted by Gasteiger charge is -2.10. The summed E-state index contributed by atoms with van der Waals surface area (Å²) in [5, 5.41) is 15.1. The molecule has 5 nitrogen and oxygen atoms in total. The third-order valence-electron chi connectivity index (χ3n) is 2.05. The van der Waals surface area contributed by atoms with Crippen LogP contribution in [0.5, 0.6) is 0 Å². The number of hydrogen-bond donors (Lipinski definition) is 1. The van der Waals surface area contributed by atoms with Crippen molar-refractivity contribution in [2.45, 2.75) is 0 Å². The fourth-order valence-corrected chi connectivity index (χ4v) is 1.48. The molecule has 0 radical (unpaired) electrons. The molecule has 0 bridgehead atoms. The molecule has 0 atom stereocenters. The summed E-state index contributed by atoms with van der Waals surface area (Å²) in [5.74, 6) is -1.81. The maximum atomic E-state index is 11.3. The quantitative estimate of drug-likeness (QED) is 0.760. The number of carbonyl (C=O) groups is 2. The lowest BCUT2D eigenvalue weighted by atomic mass is 10.0. The van der Waals surface area contributed by atoms with Gasteiger partial charge in [-0.1, -0.05) is 29.8 Å². The maximum absolute atomic E-state index is 11.3. The number of carboxylic acid groups (broad SMARTS) is 1. The second kappa shape index (κ2) is 3.86. The first-order valence-corrected chi connectivity index (χ1v) is 4.67. The number of nitrogens with zero attached hydrogens (tertiary/aromatic N) is 2. The summed E-state index contributed by atoms with van der Waals surface area (Å²) < 4.78 is 0. The topological polar surface area (TPSA) is 79.1 Å². The highest BCUT2D eigenvalue weighted by molar-refractivity contribution is 6.44. The van der Waals surface area contributed by atoms with Crippen molar-refractivity contribution in [3.8, 4) is 0 Å². The number of halogens is 1. The SMILES string of the molecule is O=C(O)/C(Cl)=C1/N=NC(=O)c2ccccc21. The molecule has 1 amide bonds. The van der Waals surface area contributed by atoms with Crippen LogP contribution in [0, 0.1) is 0 Å². The summed E-state index contributed by atoms with van der Waals surface area (Å²) >= 11 is 5.59. The fourth-order valence-electron chi connectivity index (χ4n) is 1.34. The number of carbonyl (C=O) groups excluding carboxylic acids is 1. The fraction of sp³-hybridized carbons (Fsp3) is 0. The number of benzene rings is 1. The molecule has 1 aliphatic heterocycles. The van der Waals surface area contributed by atoms with Crippen molar-refractivity contribution < 1.29 is 14.7 Å². The molecule has 1 aromatic rings. The molecule has 0 fully saturated rings. The Morgan fingerprint density at radius 2 is 1.81 bits per heavy atom. The first-order chi connectivity index (χ1) is 7.61. The monoisotopic (exact) mass is 236 g/mol. The van der Waals surface area contributed by atoms with E-state index in [0.29, 0.717) is 11.1 Å². The third kappa shape index (κ3) is 1.61. The number of hydrogen-bond acceptors (Lipinski definition) is 3. The molecule has 1 N–H and O–H groups in total. The van der Waals surface area contributed by atoms with E-state index in [1.807, 2.05) is 0 Å². The Labute approximate surface area is 95.1 Å². The summed E-state index contributed by atoms with van der Waals surface area (Å²) in [6.07, 6.45) is 0. The lowest BCUT2D eigenvalue weighted by molar-refractivity contribution is -0.131. The molecule has 6 heteroatoms. The summed E-state index contributed by atoms with van der Waals surface area (Å²) in [5.41, 5.74) is 0.686. The summed E-state index contributed by atoms with van der Waals surface area (Å²) in [7, 11) is 0. The van der Waals surface area contributed by atoms with E-state index in [1.165, 1.54) is 0 Å². The molecular weight excluding hydrogens is 232 g/mol. The zero-order chi connectivity index (χ0) is 11.7. The summed E-state index contributed by atoms with van der Waals surface area (Å²) in [6.45, 7) is 0. The van der Waals surface area contributed by atoms with Crippen LogP contribution in [-0.2, 0) is 4.79 Å². The van der Waals surface area contributed by atoms with Gasteiger partial charge in [-0.15, -0.1) is 10.2 Å². The molecule has 1 aliphatic rings. The van der Waals surface area contributed by atoms with E-state index >= 15 is 0 Å². The average molecular weight is 237 g/mol. The van der Waals surface area contributed by atoms with Gasteiger partial charge in [0.1, 0.15) is 5.70 Å². The van der Waals surface area contributed by atoms with E-state index in [4.69, 9.17) is 16.7 Å². The zero-order valence-corrected chi connectivity index (χ0v) is 8.60. The Kier molecular flexibility index (Phi) is 2.54. The number of amides is 1. The van der Waals surface area contributed by atoms with Crippen molar-refractivity contribution in [2.24, 2.45) is 10.2 Å². The number of carboxylic acids is 1. The highest BCUT2D eigenvalue weighted by Crippen LogP contribution is 2.30. The molecular formula is C10H5ClN2O3. The van der Waals surface area contributed by atoms with Gasteiger partial charge in [-0.3, -0.25) is 4.79 Å². The highest BCUT2D eigenvalue weighted by Gasteiger charge is 2.23. The minimum Gasteiger partial charge on any atom is -0.477 e. The van der Waals surface area contributed by atoms with Gasteiger partial charge in [0.05, 0.1) is 5.56 Å². The lowest BCUT2D eigenvalue weighted by Crippen LogP contribution is -2.07. The second-order valence-electron chi connectivity index (χ2n) is 3.02. The van der Waals surface area contributed by atoms with Gasteiger partial charge < -0.3 is 5.11 Å². The van der Waals surface area contributed by atoms with Crippen LogP contribution in [0.1, 0.15) is 15.9 Å². The van der Waals surface area contributed by atoms with Crippen LogP contribution < -0.4 is 0 Å². The Bertz CT molecular complexity index is 549. The van der Waals surface area contributed by atoms with Crippen molar-refractivity contribution in [3.63, 3.8) is 0 Å². The smallest absolute Gasteiger partial charge is 0.349 e.